The number of thioether (sulfide) groups is 1. The molecule has 2 aromatic rings. The van der Waals surface area contributed by atoms with Crippen molar-refractivity contribution < 1.29 is 4.92 Å². The second-order valence-corrected chi connectivity index (χ2v) is 6.50. The van der Waals surface area contributed by atoms with Crippen molar-refractivity contribution in [2.45, 2.75) is 18.6 Å². The molecule has 8 heteroatoms. The number of nitrogens with one attached hydrogen (secondary N) is 1. The van der Waals surface area contributed by atoms with E-state index in [-0.39, 0.29) is 5.69 Å². The molecule has 0 atom stereocenters. The van der Waals surface area contributed by atoms with Crippen LogP contribution in [-0.2, 0) is 5.75 Å². The molecular weight excluding hydrogens is 308 g/mol. The number of H-pyrrole nitrogens is 1. The minimum atomic E-state index is -0.406. The van der Waals surface area contributed by atoms with Crippen LogP contribution in [-0.4, -0.2) is 37.2 Å². The van der Waals surface area contributed by atoms with Crippen molar-refractivity contribution in [3.63, 3.8) is 0 Å². The van der Waals surface area contributed by atoms with E-state index in [0.717, 1.165) is 28.8 Å². The average Bonchev–Trinajstić information content (AvgIpc) is 3.12. The lowest BCUT2D eigenvalue weighted by atomic mass is 10.3. The number of imidazole rings is 1. The number of nitro benzene ring substituents is 1. The quantitative estimate of drug-likeness (QED) is 0.532. The van der Waals surface area contributed by atoms with Gasteiger partial charge in [-0.1, -0.05) is 24.0 Å². The van der Waals surface area contributed by atoms with E-state index >= 15 is 0 Å². The smallest absolute Gasteiger partial charge is 0.271 e. The van der Waals surface area contributed by atoms with Gasteiger partial charge in [0.25, 0.3) is 5.69 Å². The summed E-state index contributed by atoms with van der Waals surface area (Å²) in [4.78, 5) is 20.1. The van der Waals surface area contributed by atoms with E-state index in [9.17, 15) is 10.1 Å². The van der Waals surface area contributed by atoms with Gasteiger partial charge >= 0.3 is 0 Å². The van der Waals surface area contributed by atoms with Crippen molar-refractivity contribution in [1.82, 2.24) is 14.9 Å². The molecule has 1 fully saturated rings. The summed E-state index contributed by atoms with van der Waals surface area (Å²) in [5, 5.41) is 10.8. The molecular formula is C13H14N4O2S2. The van der Waals surface area contributed by atoms with Gasteiger partial charge in [0, 0.05) is 25.2 Å². The number of hydrogen-bond acceptors (Lipinski definition) is 5. The number of rotatable bonds is 3. The van der Waals surface area contributed by atoms with Crippen LogP contribution in [0.3, 0.4) is 0 Å². The zero-order valence-electron chi connectivity index (χ0n) is 11.2. The maximum Gasteiger partial charge on any atom is 0.271 e. The van der Waals surface area contributed by atoms with Crippen LogP contribution in [0.4, 0.5) is 5.69 Å². The number of aromatic amines is 1. The number of likely N-dealkylation sites (tertiary alicyclic amines) is 1. The Morgan fingerprint density at radius 2 is 2.24 bits per heavy atom. The fourth-order valence-corrected chi connectivity index (χ4v) is 3.47. The van der Waals surface area contributed by atoms with Crippen molar-refractivity contribution >= 4 is 45.0 Å². The summed E-state index contributed by atoms with van der Waals surface area (Å²) in [5.41, 5.74) is 1.49. The van der Waals surface area contributed by atoms with E-state index in [0.29, 0.717) is 11.3 Å². The Balaban J connectivity index is 1.69. The fraction of sp³-hybridized carbons (Fsp3) is 0.385. The second-order valence-electron chi connectivity index (χ2n) is 4.89. The molecule has 3 rings (SSSR count). The van der Waals surface area contributed by atoms with E-state index in [1.54, 1.807) is 17.8 Å². The Bertz CT molecular complexity index is 695. The second kappa shape index (κ2) is 5.98. The van der Waals surface area contributed by atoms with Gasteiger partial charge in [-0.25, -0.2) is 4.98 Å². The van der Waals surface area contributed by atoms with Crippen LogP contribution < -0.4 is 0 Å². The van der Waals surface area contributed by atoms with Crippen molar-refractivity contribution in [2.75, 3.05) is 13.1 Å². The van der Waals surface area contributed by atoms with Gasteiger partial charge in [0.05, 0.1) is 21.7 Å². The van der Waals surface area contributed by atoms with E-state index in [1.807, 2.05) is 0 Å². The topological polar surface area (TPSA) is 75.1 Å². The van der Waals surface area contributed by atoms with Gasteiger partial charge in [-0.15, -0.1) is 0 Å². The highest BCUT2D eigenvalue weighted by atomic mass is 32.2. The zero-order valence-corrected chi connectivity index (χ0v) is 12.9. The molecule has 0 aliphatic carbocycles. The molecule has 0 amide bonds. The highest BCUT2D eigenvalue weighted by Gasteiger charge is 2.16. The maximum absolute atomic E-state index is 10.8. The number of benzene rings is 1. The molecule has 1 N–H and O–H groups in total. The van der Waals surface area contributed by atoms with E-state index < -0.39 is 4.92 Å². The molecule has 0 saturated carbocycles. The molecule has 0 unspecified atom stereocenters. The Hall–Kier alpha value is -1.67. The monoisotopic (exact) mass is 322 g/mol. The Morgan fingerprint density at radius 1 is 1.48 bits per heavy atom. The van der Waals surface area contributed by atoms with E-state index in [1.165, 1.54) is 25.0 Å². The summed E-state index contributed by atoms with van der Waals surface area (Å²) in [7, 11) is 0. The lowest BCUT2D eigenvalue weighted by Gasteiger charge is -2.16. The summed E-state index contributed by atoms with van der Waals surface area (Å²) in [5.74, 6) is 1.44. The van der Waals surface area contributed by atoms with Gasteiger partial charge < -0.3 is 9.88 Å². The first-order chi connectivity index (χ1) is 10.1. The van der Waals surface area contributed by atoms with Gasteiger partial charge in [-0.3, -0.25) is 10.1 Å². The van der Waals surface area contributed by atoms with Crippen LogP contribution in [0.2, 0.25) is 0 Å². The number of thiocarbonyl (C=S) groups is 1. The van der Waals surface area contributed by atoms with Gasteiger partial charge in [-0.05, 0) is 18.9 Å². The third kappa shape index (κ3) is 3.16. The molecule has 6 nitrogen and oxygen atoms in total. The summed E-state index contributed by atoms with van der Waals surface area (Å²) < 4.78 is 0.902. The Morgan fingerprint density at radius 3 is 2.95 bits per heavy atom. The number of aromatic nitrogens is 2. The Kier molecular flexibility index (Phi) is 4.07. The highest BCUT2D eigenvalue weighted by molar-refractivity contribution is 8.22. The van der Waals surface area contributed by atoms with Crippen LogP contribution in [0.15, 0.2) is 18.2 Å². The third-order valence-corrected chi connectivity index (χ3v) is 4.96. The summed E-state index contributed by atoms with van der Waals surface area (Å²) in [6, 6.07) is 4.64. The van der Waals surface area contributed by atoms with E-state index in [4.69, 9.17) is 12.2 Å². The van der Waals surface area contributed by atoms with Gasteiger partial charge in [-0.2, -0.15) is 0 Å². The number of nitro groups is 1. The number of hydrogen-bond donors (Lipinski definition) is 1. The predicted octanol–water partition coefficient (Wildman–Crippen LogP) is 3.09. The SMILES string of the molecule is O=[N+]([O-])c1ccc2nc(CSC(=S)N3CCCC3)[nH]c2c1. The minimum absolute atomic E-state index is 0.0675. The van der Waals surface area contributed by atoms with Crippen molar-refractivity contribution in [3.8, 4) is 0 Å². The molecule has 1 aliphatic heterocycles. The van der Waals surface area contributed by atoms with Crippen LogP contribution in [0, 0.1) is 10.1 Å². The molecule has 2 heterocycles. The number of non-ortho nitro benzene ring substituents is 1. The van der Waals surface area contributed by atoms with E-state index in [2.05, 4.69) is 14.9 Å². The lowest BCUT2D eigenvalue weighted by molar-refractivity contribution is -0.384. The first-order valence-corrected chi connectivity index (χ1v) is 8.07. The minimum Gasteiger partial charge on any atom is -0.358 e. The summed E-state index contributed by atoms with van der Waals surface area (Å²) >= 11 is 6.99. The first-order valence-electron chi connectivity index (χ1n) is 6.68. The van der Waals surface area contributed by atoms with Crippen molar-refractivity contribution in [1.29, 1.82) is 0 Å². The maximum atomic E-state index is 10.8. The molecule has 0 radical (unpaired) electrons. The van der Waals surface area contributed by atoms with Crippen molar-refractivity contribution in [3.05, 3.63) is 34.1 Å². The lowest BCUT2D eigenvalue weighted by Crippen LogP contribution is -2.23. The third-order valence-electron chi connectivity index (χ3n) is 3.42. The molecule has 110 valence electrons. The molecule has 1 aliphatic rings. The first kappa shape index (κ1) is 14.3. The van der Waals surface area contributed by atoms with Gasteiger partial charge in [0.2, 0.25) is 0 Å². The summed E-state index contributed by atoms with van der Waals surface area (Å²) in [6.07, 6.45) is 2.41. The van der Waals surface area contributed by atoms with Crippen molar-refractivity contribution in [2.24, 2.45) is 0 Å². The van der Waals surface area contributed by atoms with Crippen LogP contribution in [0.5, 0.6) is 0 Å². The van der Waals surface area contributed by atoms with Crippen LogP contribution >= 0.6 is 24.0 Å². The van der Waals surface area contributed by atoms with Crippen LogP contribution in [0.1, 0.15) is 18.7 Å². The molecule has 0 spiro atoms. The zero-order chi connectivity index (χ0) is 14.8. The highest BCUT2D eigenvalue weighted by Crippen LogP contribution is 2.22. The number of fused-ring (bicyclic) bond motifs is 1. The van der Waals surface area contributed by atoms with Gasteiger partial charge in [0.15, 0.2) is 0 Å². The average molecular weight is 322 g/mol. The van der Waals surface area contributed by atoms with Gasteiger partial charge in [0.1, 0.15) is 10.1 Å². The Labute approximate surface area is 131 Å². The molecule has 1 saturated heterocycles. The molecule has 1 aromatic heterocycles. The predicted molar refractivity (Wildman–Crippen MR) is 87.4 cm³/mol. The standard InChI is InChI=1S/C13H14N4O2S2/c18-17(19)9-3-4-10-11(7-9)15-12(14-10)8-21-13(20)16-5-1-2-6-16/h3-4,7H,1-2,5-6,8H2,(H,14,15). The van der Waals surface area contributed by atoms with Crippen LogP contribution in [0.25, 0.3) is 11.0 Å². The fourth-order valence-electron chi connectivity index (χ4n) is 2.35. The largest absolute Gasteiger partial charge is 0.358 e. The molecule has 0 bridgehead atoms. The number of nitrogens with zero attached hydrogens (tertiary/aromatic N) is 3. The normalized spacial score (nSPS) is 14.8. The molecule has 1 aromatic carbocycles. The summed E-state index contributed by atoms with van der Waals surface area (Å²) in [6.45, 7) is 2.08. The molecule has 21 heavy (non-hydrogen) atoms.